The minimum Gasteiger partial charge on any atom is -0.494 e. The van der Waals surface area contributed by atoms with E-state index in [0.29, 0.717) is 6.42 Å². The first-order valence-electron chi connectivity index (χ1n) is 4.58. The van der Waals surface area contributed by atoms with Crippen LogP contribution in [0.3, 0.4) is 0 Å². The molecule has 1 aromatic carbocycles. The maximum absolute atomic E-state index is 13.6. The first-order chi connectivity index (χ1) is 7.13. The number of nitriles is 1. The highest BCUT2D eigenvalue weighted by Gasteiger charge is 2.17. The topological polar surface area (TPSA) is 53.2 Å². The quantitative estimate of drug-likeness (QED) is 0.774. The van der Waals surface area contributed by atoms with E-state index in [0.717, 1.165) is 5.56 Å². The fraction of sp³-hybridized carbons (Fsp3) is 0.364. The van der Waals surface area contributed by atoms with Crippen LogP contribution in [0.15, 0.2) is 12.1 Å². The summed E-state index contributed by atoms with van der Waals surface area (Å²) in [7, 11) is 1.35. The summed E-state index contributed by atoms with van der Waals surface area (Å²) in [4.78, 5) is 0. The zero-order valence-corrected chi connectivity index (χ0v) is 8.62. The van der Waals surface area contributed by atoms with Crippen molar-refractivity contribution in [2.45, 2.75) is 19.4 Å². The lowest BCUT2D eigenvalue weighted by molar-refractivity contribution is 0.228. The van der Waals surface area contributed by atoms with Gasteiger partial charge in [0.25, 0.3) is 0 Å². The number of aryl methyl sites for hydroxylation is 1. The Balaban J connectivity index is 3.31. The molecule has 1 rings (SSSR count). The van der Waals surface area contributed by atoms with Gasteiger partial charge in [-0.25, -0.2) is 4.39 Å². The van der Waals surface area contributed by atoms with Gasteiger partial charge in [0.2, 0.25) is 0 Å². The fourth-order valence-corrected chi connectivity index (χ4v) is 1.30. The predicted octanol–water partition coefficient (Wildman–Crippen LogP) is 1.95. The summed E-state index contributed by atoms with van der Waals surface area (Å²) < 4.78 is 18.4. The first-order valence-corrected chi connectivity index (χ1v) is 4.58. The Hall–Kier alpha value is -1.60. The number of hydrogen-bond acceptors (Lipinski definition) is 3. The zero-order chi connectivity index (χ0) is 11.4. The molecule has 1 aromatic rings. The van der Waals surface area contributed by atoms with Crippen molar-refractivity contribution in [2.75, 3.05) is 7.11 Å². The van der Waals surface area contributed by atoms with E-state index < -0.39 is 11.9 Å². The molecule has 0 aliphatic rings. The van der Waals surface area contributed by atoms with Gasteiger partial charge in [-0.2, -0.15) is 5.26 Å². The maximum Gasteiger partial charge on any atom is 0.171 e. The Morgan fingerprint density at radius 3 is 2.73 bits per heavy atom. The number of hydrogen-bond donors (Lipinski definition) is 1. The van der Waals surface area contributed by atoms with Crippen LogP contribution in [0.5, 0.6) is 5.75 Å². The molecule has 0 bridgehead atoms. The summed E-state index contributed by atoms with van der Waals surface area (Å²) >= 11 is 0. The van der Waals surface area contributed by atoms with Crippen LogP contribution >= 0.6 is 0 Å². The third kappa shape index (κ3) is 2.25. The molecule has 0 radical (unpaired) electrons. The molecular weight excluding hydrogens is 197 g/mol. The van der Waals surface area contributed by atoms with Gasteiger partial charge < -0.3 is 9.84 Å². The van der Waals surface area contributed by atoms with Gasteiger partial charge in [-0.3, -0.25) is 0 Å². The lowest BCUT2D eigenvalue weighted by atomic mass is 10.0. The minimum atomic E-state index is -1.45. The van der Waals surface area contributed by atoms with Crippen molar-refractivity contribution >= 4 is 0 Å². The van der Waals surface area contributed by atoms with E-state index in [1.807, 2.05) is 6.92 Å². The molecule has 0 fully saturated rings. The van der Waals surface area contributed by atoms with Gasteiger partial charge in [0, 0.05) is 5.56 Å². The SMILES string of the molecule is CCc1cc(OC)c(F)c(C(O)C#N)c1. The van der Waals surface area contributed by atoms with Gasteiger partial charge >= 0.3 is 0 Å². The molecule has 0 spiro atoms. The smallest absolute Gasteiger partial charge is 0.171 e. The summed E-state index contributed by atoms with van der Waals surface area (Å²) in [5.41, 5.74) is 0.784. The van der Waals surface area contributed by atoms with Crippen LogP contribution < -0.4 is 4.74 Å². The molecule has 3 nitrogen and oxygen atoms in total. The normalized spacial score (nSPS) is 11.9. The standard InChI is InChI=1S/C11H12FNO2/c1-3-7-4-8(9(14)6-13)11(12)10(5-7)15-2/h4-5,9,14H,3H2,1-2H3. The molecule has 0 saturated carbocycles. The number of aliphatic hydroxyl groups is 1. The largest absolute Gasteiger partial charge is 0.494 e. The Morgan fingerprint density at radius 1 is 1.60 bits per heavy atom. The Morgan fingerprint density at radius 2 is 2.27 bits per heavy atom. The Labute approximate surface area is 87.7 Å². The van der Waals surface area contributed by atoms with Crippen LogP contribution in [-0.2, 0) is 6.42 Å². The maximum atomic E-state index is 13.6. The molecule has 0 amide bonds. The van der Waals surface area contributed by atoms with Crippen LogP contribution in [0.4, 0.5) is 4.39 Å². The first kappa shape index (κ1) is 11.5. The molecular formula is C11H12FNO2. The van der Waals surface area contributed by atoms with Crippen molar-refractivity contribution < 1.29 is 14.2 Å². The van der Waals surface area contributed by atoms with E-state index in [1.165, 1.54) is 13.2 Å². The van der Waals surface area contributed by atoms with Gasteiger partial charge in [-0.15, -0.1) is 0 Å². The van der Waals surface area contributed by atoms with Crippen LogP contribution in [0.1, 0.15) is 24.2 Å². The number of ether oxygens (including phenoxy) is 1. The molecule has 0 saturated heterocycles. The Kier molecular flexibility index (Phi) is 3.64. The van der Waals surface area contributed by atoms with Crippen molar-refractivity contribution in [1.29, 1.82) is 5.26 Å². The van der Waals surface area contributed by atoms with E-state index in [2.05, 4.69) is 0 Å². The molecule has 0 aliphatic carbocycles. The molecule has 1 atom stereocenters. The van der Waals surface area contributed by atoms with Gasteiger partial charge in [-0.1, -0.05) is 6.92 Å². The van der Waals surface area contributed by atoms with Crippen LogP contribution in [0.25, 0.3) is 0 Å². The average molecular weight is 209 g/mol. The number of benzene rings is 1. The molecule has 1 N–H and O–H groups in total. The third-order valence-corrected chi connectivity index (χ3v) is 2.17. The van der Waals surface area contributed by atoms with E-state index in [1.54, 1.807) is 12.1 Å². The van der Waals surface area contributed by atoms with Gasteiger partial charge in [0.15, 0.2) is 17.7 Å². The second-order valence-corrected chi connectivity index (χ2v) is 3.09. The molecule has 0 aromatic heterocycles. The van der Waals surface area contributed by atoms with Crippen molar-refractivity contribution in [1.82, 2.24) is 0 Å². The Bertz CT molecular complexity index is 398. The van der Waals surface area contributed by atoms with Crippen LogP contribution in [0, 0.1) is 17.1 Å². The van der Waals surface area contributed by atoms with Crippen molar-refractivity contribution in [3.8, 4) is 11.8 Å². The van der Waals surface area contributed by atoms with Crippen molar-refractivity contribution in [2.24, 2.45) is 0 Å². The molecule has 1 unspecified atom stereocenters. The highest BCUT2D eigenvalue weighted by atomic mass is 19.1. The fourth-order valence-electron chi connectivity index (χ4n) is 1.30. The average Bonchev–Trinajstić information content (AvgIpc) is 2.28. The van der Waals surface area contributed by atoms with Crippen LogP contribution in [-0.4, -0.2) is 12.2 Å². The summed E-state index contributed by atoms with van der Waals surface area (Å²) in [6.07, 6.45) is -0.771. The number of nitrogens with zero attached hydrogens (tertiary/aromatic N) is 1. The monoisotopic (exact) mass is 209 g/mol. The third-order valence-electron chi connectivity index (χ3n) is 2.17. The summed E-state index contributed by atoms with van der Waals surface area (Å²) in [5.74, 6) is -0.623. The van der Waals surface area contributed by atoms with E-state index in [4.69, 9.17) is 10.00 Å². The van der Waals surface area contributed by atoms with Crippen molar-refractivity contribution in [3.63, 3.8) is 0 Å². The van der Waals surface area contributed by atoms with Crippen molar-refractivity contribution in [3.05, 3.63) is 29.1 Å². The molecule has 4 heteroatoms. The second kappa shape index (κ2) is 4.76. The minimum absolute atomic E-state index is 0.0336. The summed E-state index contributed by atoms with van der Waals surface area (Å²) in [6, 6.07) is 4.62. The lowest BCUT2D eigenvalue weighted by Crippen LogP contribution is -2.02. The summed E-state index contributed by atoms with van der Waals surface area (Å²) in [5, 5.41) is 17.8. The van der Waals surface area contributed by atoms with Gasteiger partial charge in [0.05, 0.1) is 13.2 Å². The summed E-state index contributed by atoms with van der Waals surface area (Å²) in [6.45, 7) is 1.90. The zero-order valence-electron chi connectivity index (χ0n) is 8.62. The second-order valence-electron chi connectivity index (χ2n) is 3.09. The molecule has 0 aliphatic heterocycles. The van der Waals surface area contributed by atoms with E-state index >= 15 is 0 Å². The van der Waals surface area contributed by atoms with Crippen LogP contribution in [0.2, 0.25) is 0 Å². The predicted molar refractivity (Wildman–Crippen MR) is 52.9 cm³/mol. The molecule has 0 heterocycles. The molecule has 80 valence electrons. The van der Waals surface area contributed by atoms with E-state index in [9.17, 15) is 9.50 Å². The lowest BCUT2D eigenvalue weighted by Gasteiger charge is -2.10. The number of methoxy groups -OCH3 is 1. The van der Waals surface area contributed by atoms with Gasteiger partial charge in [-0.05, 0) is 24.1 Å². The van der Waals surface area contributed by atoms with E-state index in [-0.39, 0.29) is 11.3 Å². The highest BCUT2D eigenvalue weighted by molar-refractivity contribution is 5.39. The number of halogens is 1. The highest BCUT2D eigenvalue weighted by Crippen LogP contribution is 2.27. The number of rotatable bonds is 3. The molecule has 15 heavy (non-hydrogen) atoms. The van der Waals surface area contributed by atoms with Gasteiger partial charge in [0.1, 0.15) is 0 Å². The number of aliphatic hydroxyl groups excluding tert-OH is 1.